The molecule has 2 N–H and O–H groups in total. The summed E-state index contributed by atoms with van der Waals surface area (Å²) in [6.07, 6.45) is 12.5. The monoisotopic (exact) mass is 252 g/mol. The average Bonchev–Trinajstić information content (AvgIpc) is 2.46. The van der Waals surface area contributed by atoms with Crippen LogP contribution in [0.3, 0.4) is 0 Å². The Labute approximate surface area is 111 Å². The summed E-state index contributed by atoms with van der Waals surface area (Å²) < 4.78 is 0. The van der Waals surface area contributed by atoms with Crippen molar-refractivity contribution >= 4 is 5.91 Å². The molecule has 0 radical (unpaired) electrons. The number of amides is 1. The van der Waals surface area contributed by atoms with Crippen LogP contribution in [0.25, 0.3) is 0 Å². The van der Waals surface area contributed by atoms with Crippen molar-refractivity contribution in [2.24, 2.45) is 5.92 Å². The Morgan fingerprint density at radius 2 is 1.67 bits per heavy atom. The van der Waals surface area contributed by atoms with Gasteiger partial charge in [-0.25, -0.2) is 0 Å². The highest BCUT2D eigenvalue weighted by Gasteiger charge is 2.38. The lowest BCUT2D eigenvalue weighted by Crippen LogP contribution is -2.58. The van der Waals surface area contributed by atoms with Crippen molar-refractivity contribution in [3.63, 3.8) is 0 Å². The number of rotatable bonds is 4. The molecule has 18 heavy (non-hydrogen) atoms. The van der Waals surface area contributed by atoms with Crippen LogP contribution in [0.4, 0.5) is 0 Å². The fraction of sp³-hybridized carbons (Fsp3) is 0.933. The van der Waals surface area contributed by atoms with Gasteiger partial charge in [-0.05, 0) is 38.1 Å². The molecule has 0 aromatic carbocycles. The quantitative estimate of drug-likeness (QED) is 0.807. The molecule has 0 aromatic heterocycles. The molecule has 104 valence electrons. The molecule has 2 fully saturated rings. The molecule has 0 heterocycles. The Bertz CT molecular complexity index is 266. The van der Waals surface area contributed by atoms with Crippen molar-refractivity contribution in [3.05, 3.63) is 0 Å². The summed E-state index contributed by atoms with van der Waals surface area (Å²) in [5, 5.41) is 6.51. The van der Waals surface area contributed by atoms with Gasteiger partial charge < -0.3 is 10.6 Å². The van der Waals surface area contributed by atoms with E-state index in [-0.39, 0.29) is 11.4 Å². The zero-order valence-corrected chi connectivity index (χ0v) is 11.8. The molecule has 3 heteroatoms. The molecule has 0 aliphatic heterocycles. The van der Waals surface area contributed by atoms with E-state index >= 15 is 0 Å². The van der Waals surface area contributed by atoms with E-state index in [4.69, 9.17) is 0 Å². The molecule has 0 aromatic rings. The summed E-state index contributed by atoms with van der Waals surface area (Å²) in [4.78, 5) is 12.2. The van der Waals surface area contributed by atoms with Crippen LogP contribution in [-0.2, 0) is 4.79 Å². The van der Waals surface area contributed by atoms with Crippen molar-refractivity contribution < 1.29 is 4.79 Å². The first kappa shape index (κ1) is 13.9. The molecular weight excluding hydrogens is 224 g/mol. The van der Waals surface area contributed by atoms with Gasteiger partial charge in [0.05, 0.1) is 5.54 Å². The normalized spacial score (nSPS) is 24.7. The molecule has 0 bridgehead atoms. The smallest absolute Gasteiger partial charge is 0.240 e. The molecule has 0 atom stereocenters. The Balaban J connectivity index is 1.90. The molecule has 2 rings (SSSR count). The maximum atomic E-state index is 12.2. The fourth-order valence-electron chi connectivity index (χ4n) is 3.61. The second-order valence-electron chi connectivity index (χ2n) is 6.11. The molecule has 1 amide bonds. The minimum absolute atomic E-state index is 0.206. The maximum absolute atomic E-state index is 12.2. The topological polar surface area (TPSA) is 41.1 Å². The Morgan fingerprint density at radius 3 is 2.28 bits per heavy atom. The van der Waals surface area contributed by atoms with Crippen LogP contribution in [0.15, 0.2) is 0 Å². The third kappa shape index (κ3) is 3.25. The maximum Gasteiger partial charge on any atom is 0.240 e. The SMILES string of the molecule is CNC(=O)C1(NCC2CCCCC2)CCCCC1. The first-order chi connectivity index (χ1) is 8.77. The summed E-state index contributed by atoms with van der Waals surface area (Å²) in [5.41, 5.74) is -0.259. The van der Waals surface area contributed by atoms with E-state index in [2.05, 4.69) is 10.6 Å². The Kier molecular flexibility index (Phi) is 5.04. The van der Waals surface area contributed by atoms with Crippen molar-refractivity contribution in [2.75, 3.05) is 13.6 Å². The van der Waals surface area contributed by atoms with Gasteiger partial charge in [0.2, 0.25) is 5.91 Å². The van der Waals surface area contributed by atoms with Crippen LogP contribution >= 0.6 is 0 Å². The fourth-order valence-corrected chi connectivity index (χ4v) is 3.61. The van der Waals surface area contributed by atoms with E-state index in [0.29, 0.717) is 0 Å². The number of carbonyl (C=O) groups is 1. The Morgan fingerprint density at radius 1 is 1.06 bits per heavy atom. The third-order valence-corrected chi connectivity index (χ3v) is 4.82. The van der Waals surface area contributed by atoms with Crippen molar-refractivity contribution in [1.82, 2.24) is 10.6 Å². The Hall–Kier alpha value is -0.570. The van der Waals surface area contributed by atoms with Gasteiger partial charge >= 0.3 is 0 Å². The third-order valence-electron chi connectivity index (χ3n) is 4.82. The summed E-state index contributed by atoms with van der Waals surface area (Å²) in [5.74, 6) is 1.00. The summed E-state index contributed by atoms with van der Waals surface area (Å²) >= 11 is 0. The average molecular weight is 252 g/mol. The van der Waals surface area contributed by atoms with Gasteiger partial charge in [0.25, 0.3) is 0 Å². The molecule has 2 aliphatic carbocycles. The minimum Gasteiger partial charge on any atom is -0.358 e. The lowest BCUT2D eigenvalue weighted by atomic mass is 9.80. The van der Waals surface area contributed by atoms with Crippen molar-refractivity contribution in [2.45, 2.75) is 69.7 Å². The number of likely N-dealkylation sites (N-methyl/N-ethyl adjacent to an activating group) is 1. The van der Waals surface area contributed by atoms with Gasteiger partial charge in [0.1, 0.15) is 0 Å². The minimum atomic E-state index is -0.259. The van der Waals surface area contributed by atoms with Gasteiger partial charge in [-0.15, -0.1) is 0 Å². The largest absolute Gasteiger partial charge is 0.358 e. The van der Waals surface area contributed by atoms with Gasteiger partial charge in [-0.3, -0.25) is 4.79 Å². The highest BCUT2D eigenvalue weighted by molar-refractivity contribution is 5.86. The summed E-state index contributed by atoms with van der Waals surface area (Å²) in [7, 11) is 1.76. The van der Waals surface area contributed by atoms with E-state index in [9.17, 15) is 4.79 Å². The molecule has 2 aliphatic rings. The second kappa shape index (κ2) is 6.55. The number of nitrogens with one attached hydrogen (secondary N) is 2. The van der Waals surface area contributed by atoms with Crippen molar-refractivity contribution in [3.8, 4) is 0 Å². The van der Waals surface area contributed by atoms with Crippen LogP contribution in [0.1, 0.15) is 64.2 Å². The highest BCUT2D eigenvalue weighted by Crippen LogP contribution is 2.30. The standard InChI is InChI=1S/C15H28N2O/c1-16-14(18)15(10-6-3-7-11-15)17-12-13-8-4-2-5-9-13/h13,17H,2-12H2,1H3,(H,16,18). The summed E-state index contributed by atoms with van der Waals surface area (Å²) in [6.45, 7) is 1.04. The molecule has 3 nitrogen and oxygen atoms in total. The number of hydrogen-bond acceptors (Lipinski definition) is 2. The first-order valence-electron chi connectivity index (χ1n) is 7.74. The van der Waals surface area contributed by atoms with E-state index in [1.54, 1.807) is 7.05 Å². The number of hydrogen-bond donors (Lipinski definition) is 2. The summed E-state index contributed by atoms with van der Waals surface area (Å²) in [6, 6.07) is 0. The first-order valence-corrected chi connectivity index (χ1v) is 7.74. The van der Waals surface area contributed by atoms with E-state index in [1.165, 1.54) is 51.4 Å². The highest BCUT2D eigenvalue weighted by atomic mass is 16.2. The van der Waals surface area contributed by atoms with E-state index in [1.807, 2.05) is 0 Å². The lowest BCUT2D eigenvalue weighted by Gasteiger charge is -2.38. The predicted octanol–water partition coefficient (Wildman–Crippen LogP) is 2.61. The van der Waals surface area contributed by atoms with Gasteiger partial charge in [0.15, 0.2) is 0 Å². The second-order valence-corrected chi connectivity index (χ2v) is 6.11. The molecular formula is C15H28N2O. The number of carbonyl (C=O) groups excluding carboxylic acids is 1. The van der Waals surface area contributed by atoms with Gasteiger partial charge in [-0.1, -0.05) is 38.5 Å². The van der Waals surface area contributed by atoms with Crippen LogP contribution in [-0.4, -0.2) is 25.0 Å². The molecule has 0 unspecified atom stereocenters. The van der Waals surface area contributed by atoms with Crippen LogP contribution in [0.5, 0.6) is 0 Å². The van der Waals surface area contributed by atoms with E-state index < -0.39 is 0 Å². The molecule has 0 spiro atoms. The van der Waals surface area contributed by atoms with Crippen LogP contribution < -0.4 is 10.6 Å². The van der Waals surface area contributed by atoms with E-state index in [0.717, 1.165) is 25.3 Å². The zero-order valence-electron chi connectivity index (χ0n) is 11.8. The zero-order chi connectivity index (χ0) is 12.8. The van der Waals surface area contributed by atoms with Crippen LogP contribution in [0, 0.1) is 5.92 Å². The predicted molar refractivity (Wildman–Crippen MR) is 74.5 cm³/mol. The van der Waals surface area contributed by atoms with Crippen LogP contribution in [0.2, 0.25) is 0 Å². The molecule has 0 saturated heterocycles. The van der Waals surface area contributed by atoms with Gasteiger partial charge in [-0.2, -0.15) is 0 Å². The molecule has 2 saturated carbocycles. The lowest BCUT2D eigenvalue weighted by molar-refractivity contribution is -0.128. The van der Waals surface area contributed by atoms with Gasteiger partial charge in [0, 0.05) is 7.05 Å². The van der Waals surface area contributed by atoms with Crippen molar-refractivity contribution in [1.29, 1.82) is 0 Å².